The first kappa shape index (κ1) is 12.2. The summed E-state index contributed by atoms with van der Waals surface area (Å²) in [7, 11) is 0. The Morgan fingerprint density at radius 1 is 0.882 bits per heavy atom. The van der Waals surface area contributed by atoms with Crippen LogP contribution in [-0.4, -0.2) is 18.9 Å². The molecular weight excluding hydrogens is 279 g/mol. The standard InChI is InChI=1S/C14H14O2Se/c15-10-12-6-8-14(9-7-12)17(16)11-13-4-2-1-3-5-13/h1-9,15H,10-11H2. The molecule has 0 bridgehead atoms. The fourth-order valence-electron chi connectivity index (χ4n) is 1.56. The first-order valence-corrected chi connectivity index (χ1v) is 8.18. The average Bonchev–Trinajstić information content (AvgIpc) is 2.40. The van der Waals surface area contributed by atoms with E-state index in [2.05, 4.69) is 0 Å². The molecule has 0 aliphatic rings. The number of aliphatic hydroxyl groups excluding tert-OH is 1. The summed E-state index contributed by atoms with van der Waals surface area (Å²) in [5, 5.41) is 9.56. The summed E-state index contributed by atoms with van der Waals surface area (Å²) in [6.07, 6.45) is 0. The van der Waals surface area contributed by atoms with Gasteiger partial charge in [0.15, 0.2) is 0 Å². The second-order valence-corrected chi connectivity index (χ2v) is 6.82. The zero-order valence-corrected chi connectivity index (χ0v) is 11.1. The molecule has 0 saturated heterocycles. The van der Waals surface area contributed by atoms with Gasteiger partial charge in [-0.1, -0.05) is 0 Å². The van der Waals surface area contributed by atoms with Gasteiger partial charge in [-0.15, -0.1) is 0 Å². The van der Waals surface area contributed by atoms with Gasteiger partial charge >= 0.3 is 105 Å². The molecule has 1 atom stereocenters. The Bertz CT molecular complexity index is 491. The molecule has 3 heteroatoms. The van der Waals surface area contributed by atoms with Gasteiger partial charge in [-0.3, -0.25) is 0 Å². The maximum absolute atomic E-state index is 12.2. The molecule has 0 aromatic heterocycles. The molecule has 0 aliphatic carbocycles. The third-order valence-corrected chi connectivity index (χ3v) is 5.43. The van der Waals surface area contributed by atoms with Crippen LogP contribution < -0.4 is 4.46 Å². The Labute approximate surface area is 105 Å². The molecular formula is C14H14O2Se. The number of hydrogen-bond acceptors (Lipinski definition) is 2. The molecule has 2 rings (SSSR count). The minimum atomic E-state index is -2.01. The van der Waals surface area contributed by atoms with E-state index >= 15 is 0 Å². The summed E-state index contributed by atoms with van der Waals surface area (Å²) in [6, 6.07) is 17.2. The van der Waals surface area contributed by atoms with E-state index in [1.807, 2.05) is 54.6 Å². The first-order chi connectivity index (χ1) is 8.29. The summed E-state index contributed by atoms with van der Waals surface area (Å²) < 4.78 is 13.1. The molecule has 17 heavy (non-hydrogen) atoms. The molecule has 0 heterocycles. The van der Waals surface area contributed by atoms with E-state index in [0.717, 1.165) is 15.6 Å². The molecule has 0 fully saturated rings. The van der Waals surface area contributed by atoms with E-state index in [-0.39, 0.29) is 6.61 Å². The van der Waals surface area contributed by atoms with Crippen molar-refractivity contribution in [2.75, 3.05) is 0 Å². The van der Waals surface area contributed by atoms with Crippen molar-refractivity contribution in [3.8, 4) is 0 Å². The van der Waals surface area contributed by atoms with Crippen LogP contribution in [0.3, 0.4) is 0 Å². The monoisotopic (exact) mass is 294 g/mol. The van der Waals surface area contributed by atoms with Gasteiger partial charge in [-0.2, -0.15) is 0 Å². The Morgan fingerprint density at radius 2 is 1.53 bits per heavy atom. The van der Waals surface area contributed by atoms with Gasteiger partial charge in [0.25, 0.3) is 0 Å². The summed E-state index contributed by atoms with van der Waals surface area (Å²) in [5.41, 5.74) is 1.96. The molecule has 0 radical (unpaired) electrons. The summed E-state index contributed by atoms with van der Waals surface area (Å²) >= 11 is -2.01. The first-order valence-electron chi connectivity index (χ1n) is 5.41. The molecule has 1 unspecified atom stereocenters. The van der Waals surface area contributed by atoms with Crippen molar-refractivity contribution in [2.45, 2.75) is 11.9 Å². The van der Waals surface area contributed by atoms with Crippen molar-refractivity contribution < 1.29 is 8.94 Å². The molecule has 0 saturated carbocycles. The predicted molar refractivity (Wildman–Crippen MR) is 68.6 cm³/mol. The third kappa shape index (κ3) is 3.34. The topological polar surface area (TPSA) is 37.3 Å². The van der Waals surface area contributed by atoms with E-state index in [0.29, 0.717) is 5.32 Å². The number of rotatable bonds is 4. The number of benzene rings is 2. The van der Waals surface area contributed by atoms with Crippen molar-refractivity contribution >= 4 is 18.3 Å². The van der Waals surface area contributed by atoms with Crippen molar-refractivity contribution in [1.29, 1.82) is 0 Å². The van der Waals surface area contributed by atoms with Crippen LogP contribution in [0.4, 0.5) is 0 Å². The molecule has 2 aromatic carbocycles. The Balaban J connectivity index is 2.09. The van der Waals surface area contributed by atoms with E-state index in [4.69, 9.17) is 5.11 Å². The van der Waals surface area contributed by atoms with Gasteiger partial charge in [-0.25, -0.2) is 0 Å². The normalized spacial score (nSPS) is 12.3. The van der Waals surface area contributed by atoms with E-state index in [1.54, 1.807) is 0 Å². The fourth-order valence-corrected chi connectivity index (χ4v) is 3.87. The molecule has 0 aliphatic heterocycles. The number of aliphatic hydroxyl groups is 1. The van der Waals surface area contributed by atoms with Crippen LogP contribution in [0.2, 0.25) is 0 Å². The van der Waals surface area contributed by atoms with Crippen LogP contribution in [0.1, 0.15) is 11.1 Å². The third-order valence-electron chi connectivity index (χ3n) is 2.51. The van der Waals surface area contributed by atoms with Crippen molar-refractivity contribution in [1.82, 2.24) is 0 Å². The quantitative estimate of drug-likeness (QED) is 0.869. The summed E-state index contributed by atoms with van der Waals surface area (Å²) in [6.45, 7) is 0.0302. The van der Waals surface area contributed by atoms with Crippen LogP contribution in [0, 0.1) is 0 Å². The SMILES string of the molecule is O=[Se](Cc1ccccc1)c1ccc(CO)cc1. The molecule has 0 amide bonds. The van der Waals surface area contributed by atoms with Crippen molar-refractivity contribution in [3.05, 3.63) is 65.7 Å². The molecule has 88 valence electrons. The van der Waals surface area contributed by atoms with E-state index in [1.165, 1.54) is 0 Å². The van der Waals surface area contributed by atoms with Crippen LogP contribution in [0.25, 0.3) is 0 Å². The average molecular weight is 293 g/mol. The fraction of sp³-hybridized carbons (Fsp3) is 0.143. The van der Waals surface area contributed by atoms with Crippen molar-refractivity contribution in [2.24, 2.45) is 0 Å². The minimum absolute atomic E-state index is 0.0302. The molecule has 2 aromatic rings. The zero-order valence-electron chi connectivity index (χ0n) is 9.37. The van der Waals surface area contributed by atoms with Gasteiger partial charge in [0, 0.05) is 0 Å². The Kier molecular flexibility index (Phi) is 4.21. The van der Waals surface area contributed by atoms with Gasteiger partial charge in [0.05, 0.1) is 0 Å². The van der Waals surface area contributed by atoms with E-state index in [9.17, 15) is 3.83 Å². The maximum atomic E-state index is 12.2. The summed E-state index contributed by atoms with van der Waals surface area (Å²) in [5.74, 6) is 0. The van der Waals surface area contributed by atoms with Crippen LogP contribution >= 0.6 is 0 Å². The zero-order chi connectivity index (χ0) is 12.1. The van der Waals surface area contributed by atoms with Crippen LogP contribution in [0.5, 0.6) is 0 Å². The van der Waals surface area contributed by atoms with Gasteiger partial charge in [0.2, 0.25) is 0 Å². The molecule has 0 spiro atoms. The Morgan fingerprint density at radius 3 is 2.12 bits per heavy atom. The van der Waals surface area contributed by atoms with E-state index < -0.39 is 13.8 Å². The second kappa shape index (κ2) is 5.87. The number of hydrogen-bond donors (Lipinski definition) is 1. The second-order valence-electron chi connectivity index (χ2n) is 3.78. The predicted octanol–water partition coefficient (Wildman–Crippen LogP) is 1.59. The summed E-state index contributed by atoms with van der Waals surface area (Å²) in [4.78, 5) is 0. The Hall–Kier alpha value is -1.28. The molecule has 2 nitrogen and oxygen atoms in total. The van der Waals surface area contributed by atoms with Gasteiger partial charge in [0.1, 0.15) is 0 Å². The molecule has 1 N–H and O–H groups in total. The van der Waals surface area contributed by atoms with Crippen LogP contribution in [0.15, 0.2) is 54.6 Å². The van der Waals surface area contributed by atoms with Crippen molar-refractivity contribution in [3.63, 3.8) is 0 Å². The van der Waals surface area contributed by atoms with Gasteiger partial charge < -0.3 is 0 Å². The van der Waals surface area contributed by atoms with Crippen LogP contribution in [-0.2, 0) is 15.8 Å². The van der Waals surface area contributed by atoms with Gasteiger partial charge in [-0.05, 0) is 0 Å².